The molecular formula is C8H5F4NO3. The molecule has 0 aliphatic carbocycles. The number of nitro groups is 1. The lowest BCUT2D eigenvalue weighted by Crippen LogP contribution is -2.14. The molecule has 0 aliphatic rings. The first-order chi connectivity index (χ1) is 7.47. The van der Waals surface area contributed by atoms with Crippen LogP contribution in [-0.2, 0) is 0 Å². The minimum Gasteiger partial charge on any atom is -0.447 e. The Hall–Kier alpha value is -1.86. The summed E-state index contributed by atoms with van der Waals surface area (Å²) in [4.78, 5) is 9.28. The lowest BCUT2D eigenvalue weighted by molar-refractivity contribution is -0.386. The van der Waals surface area contributed by atoms with Gasteiger partial charge in [0.1, 0.15) is 0 Å². The maximum atomic E-state index is 13.0. The molecule has 0 aromatic heterocycles. The van der Waals surface area contributed by atoms with E-state index in [1.165, 1.54) is 0 Å². The van der Waals surface area contributed by atoms with Crippen LogP contribution in [0.25, 0.3) is 0 Å². The number of ether oxygens (including phenoxy) is 1. The summed E-state index contributed by atoms with van der Waals surface area (Å²) in [5, 5.41) is 10.4. The summed E-state index contributed by atoms with van der Waals surface area (Å²) in [6.07, 6.45) is -2.59. The Kier molecular flexibility index (Phi) is 3.64. The molecule has 0 bridgehead atoms. The number of nitrogens with zero attached hydrogens (tertiary/aromatic N) is 1. The van der Waals surface area contributed by atoms with E-state index < -0.39 is 41.0 Å². The first kappa shape index (κ1) is 12.2. The van der Waals surface area contributed by atoms with Gasteiger partial charge in [-0.05, 0) is 6.07 Å². The van der Waals surface area contributed by atoms with Crippen molar-refractivity contribution in [2.45, 2.75) is 6.36 Å². The van der Waals surface area contributed by atoms with Crippen LogP contribution >= 0.6 is 0 Å². The van der Waals surface area contributed by atoms with Crippen LogP contribution in [0.2, 0.25) is 0 Å². The molecule has 88 valence electrons. The monoisotopic (exact) mass is 239 g/mol. The van der Waals surface area contributed by atoms with Crippen molar-refractivity contribution in [1.82, 2.24) is 0 Å². The van der Waals surface area contributed by atoms with Gasteiger partial charge in [-0.3, -0.25) is 10.1 Å². The van der Waals surface area contributed by atoms with E-state index in [4.69, 9.17) is 0 Å². The van der Waals surface area contributed by atoms with E-state index in [1.807, 2.05) is 0 Å². The Balaban J connectivity index is 3.21. The molecule has 1 aromatic rings. The van der Waals surface area contributed by atoms with E-state index >= 15 is 0 Å². The van der Waals surface area contributed by atoms with Gasteiger partial charge in [0.05, 0.1) is 4.92 Å². The molecule has 1 rings (SSSR count). The Labute approximate surface area is 86.6 Å². The molecule has 0 saturated carbocycles. The molecule has 4 nitrogen and oxygen atoms in total. The first-order valence-corrected chi connectivity index (χ1v) is 3.96. The van der Waals surface area contributed by atoms with Crippen LogP contribution in [0, 0.1) is 21.7 Å². The Bertz CT molecular complexity index is 413. The molecule has 1 unspecified atom stereocenters. The quantitative estimate of drug-likeness (QED) is 0.460. The van der Waals surface area contributed by atoms with Crippen molar-refractivity contribution in [3.8, 4) is 5.75 Å². The van der Waals surface area contributed by atoms with Crippen LogP contribution in [0.15, 0.2) is 12.1 Å². The van der Waals surface area contributed by atoms with Gasteiger partial charge in [0, 0.05) is 6.07 Å². The average molecular weight is 239 g/mol. The highest BCUT2D eigenvalue weighted by molar-refractivity contribution is 5.47. The van der Waals surface area contributed by atoms with Crippen LogP contribution in [0.4, 0.5) is 23.2 Å². The molecule has 0 N–H and O–H groups in total. The number of nitro benzene ring substituents is 1. The fourth-order valence-corrected chi connectivity index (χ4v) is 0.937. The fraction of sp³-hybridized carbons (Fsp3) is 0.250. The molecule has 1 aromatic carbocycles. The summed E-state index contributed by atoms with van der Waals surface area (Å²) in [5.74, 6) is -4.44. The lowest BCUT2D eigenvalue weighted by atomic mass is 10.2. The minimum absolute atomic E-state index is 0.489. The summed E-state index contributed by atoms with van der Waals surface area (Å²) < 4.78 is 53.9. The van der Waals surface area contributed by atoms with Crippen molar-refractivity contribution in [3.05, 3.63) is 33.9 Å². The molecule has 0 amide bonds. The van der Waals surface area contributed by atoms with Gasteiger partial charge in [-0.25, -0.2) is 8.78 Å². The zero-order chi connectivity index (χ0) is 12.3. The highest BCUT2D eigenvalue weighted by Gasteiger charge is 2.25. The van der Waals surface area contributed by atoms with E-state index in [0.717, 1.165) is 0 Å². The van der Waals surface area contributed by atoms with E-state index in [0.29, 0.717) is 12.1 Å². The summed E-state index contributed by atoms with van der Waals surface area (Å²) in [5.41, 5.74) is -0.977. The SMILES string of the molecule is O=[N+]([O-])c1ccc(F)c(F)c1OC(F)CF. The van der Waals surface area contributed by atoms with E-state index in [1.54, 1.807) is 0 Å². The molecule has 0 saturated heterocycles. The van der Waals surface area contributed by atoms with Gasteiger partial charge in [0.25, 0.3) is 6.36 Å². The number of rotatable bonds is 4. The van der Waals surface area contributed by atoms with Gasteiger partial charge in [0.2, 0.25) is 11.6 Å². The van der Waals surface area contributed by atoms with Crippen LogP contribution in [0.5, 0.6) is 5.75 Å². The van der Waals surface area contributed by atoms with Gasteiger partial charge >= 0.3 is 5.69 Å². The van der Waals surface area contributed by atoms with Crippen LogP contribution in [0.3, 0.4) is 0 Å². The third-order valence-corrected chi connectivity index (χ3v) is 1.59. The number of halogens is 4. The normalized spacial score (nSPS) is 12.2. The van der Waals surface area contributed by atoms with Crippen molar-refractivity contribution >= 4 is 5.69 Å². The molecule has 0 aliphatic heterocycles. The Morgan fingerprint density at radius 2 is 2.06 bits per heavy atom. The van der Waals surface area contributed by atoms with Gasteiger partial charge in [-0.15, -0.1) is 0 Å². The van der Waals surface area contributed by atoms with Crippen LogP contribution in [-0.4, -0.2) is 18.0 Å². The predicted octanol–water partition coefficient (Wildman–Crippen LogP) is 2.52. The predicted molar refractivity (Wildman–Crippen MR) is 44.5 cm³/mol. The smallest absolute Gasteiger partial charge is 0.314 e. The highest BCUT2D eigenvalue weighted by atomic mass is 19.2. The fourth-order valence-electron chi connectivity index (χ4n) is 0.937. The maximum absolute atomic E-state index is 13.0. The topological polar surface area (TPSA) is 52.4 Å². The zero-order valence-corrected chi connectivity index (χ0v) is 7.62. The van der Waals surface area contributed by atoms with Crippen molar-refractivity contribution in [3.63, 3.8) is 0 Å². The molecule has 16 heavy (non-hydrogen) atoms. The van der Waals surface area contributed by atoms with E-state index in [-0.39, 0.29) is 0 Å². The summed E-state index contributed by atoms with van der Waals surface area (Å²) in [6.45, 7) is -1.63. The third kappa shape index (κ3) is 2.38. The Morgan fingerprint density at radius 1 is 1.44 bits per heavy atom. The third-order valence-electron chi connectivity index (χ3n) is 1.59. The van der Waals surface area contributed by atoms with Crippen LogP contribution in [0.1, 0.15) is 0 Å². The van der Waals surface area contributed by atoms with Gasteiger partial charge in [-0.2, -0.15) is 8.78 Å². The molecule has 1 atom stereocenters. The highest BCUT2D eigenvalue weighted by Crippen LogP contribution is 2.32. The number of hydrogen-bond acceptors (Lipinski definition) is 3. The van der Waals surface area contributed by atoms with Gasteiger partial charge < -0.3 is 4.74 Å². The summed E-state index contributed by atoms with van der Waals surface area (Å²) >= 11 is 0. The molecular weight excluding hydrogens is 234 g/mol. The minimum atomic E-state index is -2.59. The molecule has 0 radical (unpaired) electrons. The molecule has 0 spiro atoms. The number of alkyl halides is 2. The van der Waals surface area contributed by atoms with Crippen molar-refractivity contribution in [1.29, 1.82) is 0 Å². The zero-order valence-electron chi connectivity index (χ0n) is 7.62. The van der Waals surface area contributed by atoms with E-state index in [9.17, 15) is 27.7 Å². The number of hydrogen-bond donors (Lipinski definition) is 0. The first-order valence-electron chi connectivity index (χ1n) is 3.96. The lowest BCUT2D eigenvalue weighted by Gasteiger charge is -2.09. The second kappa shape index (κ2) is 4.77. The standard InChI is InChI=1S/C8H5F4NO3/c9-3-6(11)16-8-5(13(14)15)2-1-4(10)7(8)12/h1-2,6H,3H2. The summed E-state index contributed by atoms with van der Waals surface area (Å²) in [7, 11) is 0. The molecule has 8 heteroatoms. The molecule has 0 heterocycles. The van der Waals surface area contributed by atoms with Crippen molar-refractivity contribution in [2.75, 3.05) is 6.67 Å². The Morgan fingerprint density at radius 3 is 2.56 bits per heavy atom. The van der Waals surface area contributed by atoms with Gasteiger partial charge in [-0.1, -0.05) is 0 Å². The molecule has 0 fully saturated rings. The van der Waals surface area contributed by atoms with E-state index in [2.05, 4.69) is 4.74 Å². The van der Waals surface area contributed by atoms with Crippen molar-refractivity contribution < 1.29 is 27.2 Å². The van der Waals surface area contributed by atoms with Crippen molar-refractivity contribution in [2.24, 2.45) is 0 Å². The summed E-state index contributed by atoms with van der Waals surface area (Å²) in [6, 6.07) is 1.09. The second-order valence-electron chi connectivity index (χ2n) is 2.65. The van der Waals surface area contributed by atoms with Gasteiger partial charge in [0.15, 0.2) is 12.5 Å². The van der Waals surface area contributed by atoms with Crippen LogP contribution < -0.4 is 4.74 Å². The number of benzene rings is 1. The largest absolute Gasteiger partial charge is 0.447 e. The second-order valence-corrected chi connectivity index (χ2v) is 2.65. The maximum Gasteiger partial charge on any atom is 0.314 e. The average Bonchev–Trinajstić information content (AvgIpc) is 2.24.